The third-order valence-corrected chi connectivity index (χ3v) is 1.09. The lowest BCUT2D eigenvalue weighted by Gasteiger charge is -2.02. The van der Waals surface area contributed by atoms with Crippen molar-refractivity contribution in [3.63, 3.8) is 0 Å². The van der Waals surface area contributed by atoms with Gasteiger partial charge in [0, 0.05) is 5.88 Å². The molecule has 0 fully saturated rings. The Balaban J connectivity index is 3.10. The zero-order valence-corrected chi connectivity index (χ0v) is 7.34. The number of esters is 1. The number of carbonyl (C=O) groups excluding carboxylic acids is 1. The lowest BCUT2D eigenvalue weighted by Crippen LogP contribution is -2.10. The second-order valence-corrected chi connectivity index (χ2v) is 2.23. The molecule has 0 heterocycles. The summed E-state index contributed by atoms with van der Waals surface area (Å²) in [5.41, 5.74) is 0. The molecule has 0 saturated carbocycles. The molecule has 0 amide bonds. The van der Waals surface area contributed by atoms with Gasteiger partial charge in [-0.25, -0.2) is 0 Å². The molecule has 0 N–H and O–H groups in total. The summed E-state index contributed by atoms with van der Waals surface area (Å²) < 4.78 is 9.52. The van der Waals surface area contributed by atoms with Gasteiger partial charge in [-0.15, -0.1) is 11.6 Å². The first-order valence-corrected chi connectivity index (χ1v) is 4.01. The van der Waals surface area contributed by atoms with Crippen LogP contribution in [0.1, 0.15) is 6.42 Å². The SMILES string of the molecule is N#CCC(=O)OCCOCCCl. The summed E-state index contributed by atoms with van der Waals surface area (Å²) >= 11 is 5.32. The fourth-order valence-electron chi connectivity index (χ4n) is 0.487. The van der Waals surface area contributed by atoms with Crippen LogP contribution in [0.4, 0.5) is 0 Å². The summed E-state index contributed by atoms with van der Waals surface area (Å²) in [6, 6.07) is 1.68. The summed E-state index contributed by atoms with van der Waals surface area (Å²) in [7, 11) is 0. The average Bonchev–Trinajstić information content (AvgIpc) is 2.05. The van der Waals surface area contributed by atoms with Crippen molar-refractivity contribution in [1.82, 2.24) is 0 Å². The highest BCUT2D eigenvalue weighted by Crippen LogP contribution is 1.85. The normalized spacial score (nSPS) is 9.00. The summed E-state index contributed by atoms with van der Waals surface area (Å²) in [6.07, 6.45) is -0.213. The fraction of sp³-hybridized carbons (Fsp3) is 0.714. The van der Waals surface area contributed by atoms with Gasteiger partial charge in [0.1, 0.15) is 13.0 Å². The van der Waals surface area contributed by atoms with Gasteiger partial charge in [0.25, 0.3) is 0 Å². The highest BCUT2D eigenvalue weighted by molar-refractivity contribution is 6.17. The molecule has 0 spiro atoms. The van der Waals surface area contributed by atoms with Crippen molar-refractivity contribution in [2.45, 2.75) is 6.42 Å². The Morgan fingerprint density at radius 3 is 2.75 bits per heavy atom. The van der Waals surface area contributed by atoms with Gasteiger partial charge in [-0.1, -0.05) is 0 Å². The summed E-state index contributed by atoms with van der Waals surface area (Å²) in [5.74, 6) is -0.0986. The molecular formula is C7H10ClNO3. The summed E-state index contributed by atoms with van der Waals surface area (Å²) in [6.45, 7) is 0.943. The van der Waals surface area contributed by atoms with Crippen LogP contribution < -0.4 is 0 Å². The summed E-state index contributed by atoms with van der Waals surface area (Å²) in [4.78, 5) is 10.5. The third-order valence-electron chi connectivity index (χ3n) is 0.936. The Morgan fingerprint density at radius 1 is 1.42 bits per heavy atom. The second kappa shape index (κ2) is 8.31. The standard InChI is InChI=1S/C7H10ClNO3/c8-2-4-11-5-6-12-7(10)1-3-9/h1-2,4-6H2. The maximum atomic E-state index is 10.5. The molecule has 0 bridgehead atoms. The van der Waals surface area contributed by atoms with Crippen molar-refractivity contribution in [3.8, 4) is 6.07 Å². The quantitative estimate of drug-likeness (QED) is 0.352. The van der Waals surface area contributed by atoms with Crippen LogP contribution in [-0.4, -0.2) is 31.7 Å². The molecule has 0 radical (unpaired) electrons. The van der Waals surface area contributed by atoms with E-state index >= 15 is 0 Å². The van der Waals surface area contributed by atoms with E-state index in [4.69, 9.17) is 21.6 Å². The van der Waals surface area contributed by atoms with E-state index < -0.39 is 5.97 Å². The smallest absolute Gasteiger partial charge is 0.320 e. The van der Waals surface area contributed by atoms with Crippen molar-refractivity contribution in [3.05, 3.63) is 0 Å². The number of halogens is 1. The Labute approximate surface area is 76.0 Å². The van der Waals surface area contributed by atoms with Crippen LogP contribution in [0.2, 0.25) is 0 Å². The number of nitrogens with zero attached hydrogens (tertiary/aromatic N) is 1. The van der Waals surface area contributed by atoms with Crippen molar-refractivity contribution in [2.24, 2.45) is 0 Å². The average molecular weight is 192 g/mol. The zero-order chi connectivity index (χ0) is 9.23. The van der Waals surface area contributed by atoms with Gasteiger partial charge in [0.2, 0.25) is 0 Å². The number of carbonyl (C=O) groups is 1. The Bertz CT molecular complexity index is 167. The number of hydrogen-bond donors (Lipinski definition) is 0. The molecular weight excluding hydrogens is 182 g/mol. The van der Waals surface area contributed by atoms with Gasteiger partial charge < -0.3 is 9.47 Å². The van der Waals surface area contributed by atoms with Gasteiger partial charge in [-0.05, 0) is 0 Å². The number of ether oxygens (including phenoxy) is 2. The Morgan fingerprint density at radius 2 is 2.17 bits per heavy atom. The van der Waals surface area contributed by atoms with Crippen molar-refractivity contribution in [2.75, 3.05) is 25.7 Å². The molecule has 0 aliphatic heterocycles. The molecule has 0 aromatic heterocycles. The first kappa shape index (κ1) is 11.2. The number of alkyl halides is 1. The minimum Gasteiger partial charge on any atom is -0.462 e. The van der Waals surface area contributed by atoms with Gasteiger partial charge in [0.15, 0.2) is 0 Å². The molecule has 0 aromatic carbocycles. The first-order valence-electron chi connectivity index (χ1n) is 3.47. The molecule has 0 aromatic rings. The zero-order valence-electron chi connectivity index (χ0n) is 6.59. The van der Waals surface area contributed by atoms with E-state index in [0.29, 0.717) is 19.1 Å². The molecule has 0 atom stereocenters. The maximum Gasteiger partial charge on any atom is 0.320 e. The number of rotatable bonds is 6. The van der Waals surface area contributed by atoms with E-state index in [9.17, 15) is 4.79 Å². The molecule has 68 valence electrons. The molecule has 0 saturated heterocycles. The minimum absolute atomic E-state index is 0.178. The molecule has 0 aliphatic carbocycles. The van der Waals surface area contributed by atoms with Crippen LogP contribution in [0, 0.1) is 11.3 Å². The lowest BCUT2D eigenvalue weighted by molar-refractivity contribution is -0.143. The monoisotopic (exact) mass is 191 g/mol. The van der Waals surface area contributed by atoms with Crippen LogP contribution in [-0.2, 0) is 14.3 Å². The van der Waals surface area contributed by atoms with E-state index in [0.717, 1.165) is 0 Å². The topological polar surface area (TPSA) is 59.3 Å². The highest BCUT2D eigenvalue weighted by atomic mass is 35.5. The van der Waals surface area contributed by atoms with Crippen LogP contribution in [0.3, 0.4) is 0 Å². The van der Waals surface area contributed by atoms with Crippen molar-refractivity contribution < 1.29 is 14.3 Å². The maximum absolute atomic E-state index is 10.5. The third kappa shape index (κ3) is 7.32. The fourth-order valence-corrected chi connectivity index (χ4v) is 0.596. The molecule has 12 heavy (non-hydrogen) atoms. The molecule has 0 unspecified atom stereocenters. The van der Waals surface area contributed by atoms with Crippen LogP contribution in [0.15, 0.2) is 0 Å². The number of nitriles is 1. The van der Waals surface area contributed by atoms with Crippen LogP contribution >= 0.6 is 11.6 Å². The van der Waals surface area contributed by atoms with E-state index in [1.165, 1.54) is 0 Å². The first-order chi connectivity index (χ1) is 5.81. The minimum atomic E-state index is -0.521. The molecule has 4 nitrogen and oxygen atoms in total. The Kier molecular flexibility index (Phi) is 7.76. The van der Waals surface area contributed by atoms with E-state index in [1.54, 1.807) is 6.07 Å². The van der Waals surface area contributed by atoms with Gasteiger partial charge in [0.05, 0.1) is 19.3 Å². The van der Waals surface area contributed by atoms with E-state index in [-0.39, 0.29) is 13.0 Å². The Hall–Kier alpha value is -0.790. The summed E-state index contributed by atoms with van der Waals surface area (Å²) in [5, 5.41) is 8.08. The second-order valence-electron chi connectivity index (χ2n) is 1.86. The lowest BCUT2D eigenvalue weighted by atomic mass is 10.5. The molecule has 5 heteroatoms. The van der Waals surface area contributed by atoms with E-state index in [1.807, 2.05) is 0 Å². The van der Waals surface area contributed by atoms with E-state index in [2.05, 4.69) is 4.74 Å². The molecule has 0 aliphatic rings. The van der Waals surface area contributed by atoms with Gasteiger partial charge in [-0.3, -0.25) is 4.79 Å². The largest absolute Gasteiger partial charge is 0.462 e. The van der Waals surface area contributed by atoms with Crippen molar-refractivity contribution in [1.29, 1.82) is 5.26 Å². The molecule has 0 rings (SSSR count). The van der Waals surface area contributed by atoms with Gasteiger partial charge in [-0.2, -0.15) is 5.26 Å². The van der Waals surface area contributed by atoms with Crippen LogP contribution in [0.5, 0.6) is 0 Å². The highest BCUT2D eigenvalue weighted by Gasteiger charge is 1.99. The predicted octanol–water partition coefficient (Wildman–Crippen LogP) is 0.699. The van der Waals surface area contributed by atoms with Gasteiger partial charge >= 0.3 is 5.97 Å². The number of hydrogen-bond acceptors (Lipinski definition) is 4. The van der Waals surface area contributed by atoms with Crippen molar-refractivity contribution >= 4 is 17.6 Å². The predicted molar refractivity (Wildman–Crippen MR) is 42.7 cm³/mol. The van der Waals surface area contributed by atoms with Crippen LogP contribution in [0.25, 0.3) is 0 Å².